The van der Waals surface area contributed by atoms with Crippen molar-refractivity contribution in [1.82, 2.24) is 4.90 Å². The summed E-state index contributed by atoms with van der Waals surface area (Å²) in [6, 6.07) is 5.18. The summed E-state index contributed by atoms with van der Waals surface area (Å²) >= 11 is 0. The minimum atomic E-state index is 0.416. The molecule has 0 spiro atoms. The Kier molecular flexibility index (Phi) is 3.33. The maximum atomic E-state index is 6.15. The summed E-state index contributed by atoms with van der Waals surface area (Å²) < 4.78 is 5.99. The maximum Gasteiger partial charge on any atom is 0.142 e. The van der Waals surface area contributed by atoms with Gasteiger partial charge in [-0.15, -0.1) is 0 Å². The van der Waals surface area contributed by atoms with Crippen LogP contribution in [0.1, 0.15) is 55.6 Å². The molecule has 3 heteroatoms. The molecule has 114 valence electrons. The zero-order valence-electron chi connectivity index (χ0n) is 13.0. The molecule has 1 saturated carbocycles. The van der Waals surface area contributed by atoms with Gasteiger partial charge in [0.15, 0.2) is 0 Å². The maximum absolute atomic E-state index is 6.15. The van der Waals surface area contributed by atoms with E-state index in [4.69, 9.17) is 10.5 Å². The predicted octanol–water partition coefficient (Wildman–Crippen LogP) is 3.46. The average Bonchev–Trinajstić information content (AvgIpc) is 3.16. The number of hydrogen-bond acceptors (Lipinski definition) is 3. The van der Waals surface area contributed by atoms with Gasteiger partial charge in [-0.1, -0.05) is 0 Å². The molecular weight excluding hydrogens is 260 g/mol. The number of rotatable bonds is 3. The van der Waals surface area contributed by atoms with Gasteiger partial charge in [0.1, 0.15) is 5.75 Å². The van der Waals surface area contributed by atoms with Crippen LogP contribution in [0.2, 0.25) is 0 Å². The lowest BCUT2D eigenvalue weighted by Gasteiger charge is -2.35. The van der Waals surface area contributed by atoms with Crippen molar-refractivity contribution < 1.29 is 4.74 Å². The van der Waals surface area contributed by atoms with E-state index in [1.165, 1.54) is 62.7 Å². The number of fused-ring (bicyclic) bond motifs is 1. The fourth-order valence-corrected chi connectivity index (χ4v) is 4.14. The van der Waals surface area contributed by atoms with Crippen LogP contribution >= 0.6 is 0 Å². The third-order valence-electron chi connectivity index (χ3n) is 5.48. The van der Waals surface area contributed by atoms with E-state index in [1.54, 1.807) is 0 Å². The summed E-state index contributed by atoms with van der Waals surface area (Å²) in [5, 5.41) is 0. The lowest BCUT2D eigenvalue weighted by Crippen LogP contribution is -2.37. The fraction of sp³-hybridized carbons (Fsp3) is 0.667. The van der Waals surface area contributed by atoms with E-state index < -0.39 is 0 Å². The lowest BCUT2D eigenvalue weighted by molar-refractivity contribution is 0.180. The average molecular weight is 286 g/mol. The molecular formula is C18H26N2O. The van der Waals surface area contributed by atoms with E-state index in [-0.39, 0.29) is 0 Å². The number of piperidine rings is 1. The van der Waals surface area contributed by atoms with Gasteiger partial charge in [0.25, 0.3) is 0 Å². The highest BCUT2D eigenvalue weighted by atomic mass is 16.5. The number of benzene rings is 1. The molecule has 0 radical (unpaired) electrons. The van der Waals surface area contributed by atoms with E-state index >= 15 is 0 Å². The van der Waals surface area contributed by atoms with Gasteiger partial charge in [0.05, 0.1) is 11.8 Å². The molecule has 3 fully saturated rings. The van der Waals surface area contributed by atoms with Crippen molar-refractivity contribution in [3.8, 4) is 5.75 Å². The number of ether oxygens (including phenoxy) is 1. The van der Waals surface area contributed by atoms with Crippen molar-refractivity contribution >= 4 is 5.69 Å². The lowest BCUT2D eigenvalue weighted by atomic mass is 9.83. The SMILES string of the molecule is Cc1cc(N)c(OC2CC2)cc1C1CCN2CCCC2C1. The van der Waals surface area contributed by atoms with Gasteiger partial charge in [-0.2, -0.15) is 0 Å². The van der Waals surface area contributed by atoms with Crippen molar-refractivity contribution in [2.45, 2.75) is 63.5 Å². The number of nitrogens with zero attached hydrogens (tertiary/aromatic N) is 1. The Hall–Kier alpha value is -1.22. The molecule has 1 aromatic rings. The standard InChI is InChI=1S/C18H26N2O/c1-12-9-17(19)18(21-15-4-5-15)11-16(12)13-6-8-20-7-2-3-14(20)10-13/h9,11,13-15H,2-8,10,19H2,1H3. The van der Waals surface area contributed by atoms with E-state index in [0.29, 0.717) is 12.0 Å². The first kappa shape index (κ1) is 13.4. The van der Waals surface area contributed by atoms with Gasteiger partial charge in [-0.05, 0) is 87.7 Å². The van der Waals surface area contributed by atoms with Crippen molar-refractivity contribution in [3.05, 3.63) is 23.3 Å². The first-order valence-electron chi connectivity index (χ1n) is 8.51. The first-order chi connectivity index (χ1) is 10.2. The van der Waals surface area contributed by atoms with Gasteiger partial charge >= 0.3 is 0 Å². The monoisotopic (exact) mass is 286 g/mol. The van der Waals surface area contributed by atoms with Crippen LogP contribution < -0.4 is 10.5 Å². The molecule has 2 atom stereocenters. The Morgan fingerprint density at radius 2 is 2.00 bits per heavy atom. The largest absolute Gasteiger partial charge is 0.488 e. The van der Waals surface area contributed by atoms with Crippen molar-refractivity contribution in [1.29, 1.82) is 0 Å². The van der Waals surface area contributed by atoms with Gasteiger partial charge in [-0.3, -0.25) is 0 Å². The molecule has 2 N–H and O–H groups in total. The molecule has 1 aromatic carbocycles. The quantitative estimate of drug-likeness (QED) is 0.865. The van der Waals surface area contributed by atoms with Crippen LogP contribution in [0.25, 0.3) is 0 Å². The normalized spacial score (nSPS) is 29.4. The van der Waals surface area contributed by atoms with Crippen molar-refractivity contribution in [2.24, 2.45) is 0 Å². The second-order valence-corrected chi connectivity index (χ2v) is 7.12. The molecule has 3 aliphatic rings. The predicted molar refractivity (Wildman–Crippen MR) is 85.8 cm³/mol. The molecule has 2 saturated heterocycles. The van der Waals surface area contributed by atoms with Gasteiger partial charge in [0.2, 0.25) is 0 Å². The van der Waals surface area contributed by atoms with Gasteiger partial charge in [0, 0.05) is 6.04 Å². The zero-order chi connectivity index (χ0) is 14.4. The highest BCUT2D eigenvalue weighted by Gasteiger charge is 2.33. The number of aryl methyl sites for hydroxylation is 1. The summed E-state index contributed by atoms with van der Waals surface area (Å²) in [6.07, 6.45) is 8.15. The van der Waals surface area contributed by atoms with Crippen LogP contribution in [-0.2, 0) is 0 Å². The minimum Gasteiger partial charge on any atom is -0.488 e. The molecule has 2 heterocycles. The molecule has 1 aliphatic carbocycles. The summed E-state index contributed by atoms with van der Waals surface area (Å²) in [4.78, 5) is 2.69. The van der Waals surface area contributed by atoms with Crippen LogP contribution in [0.15, 0.2) is 12.1 Å². The topological polar surface area (TPSA) is 38.5 Å². The Bertz CT molecular complexity index is 538. The summed E-state index contributed by atoms with van der Waals surface area (Å²) in [6.45, 7) is 4.78. The summed E-state index contributed by atoms with van der Waals surface area (Å²) in [5.41, 5.74) is 9.77. The molecule has 21 heavy (non-hydrogen) atoms. The molecule has 2 unspecified atom stereocenters. The highest BCUT2D eigenvalue weighted by Crippen LogP contribution is 2.40. The third kappa shape index (κ3) is 2.64. The van der Waals surface area contributed by atoms with E-state index in [1.807, 2.05) is 0 Å². The van der Waals surface area contributed by atoms with E-state index in [2.05, 4.69) is 24.0 Å². The van der Waals surface area contributed by atoms with Crippen LogP contribution in [0, 0.1) is 6.92 Å². The van der Waals surface area contributed by atoms with Crippen LogP contribution in [0.3, 0.4) is 0 Å². The van der Waals surface area contributed by atoms with Crippen LogP contribution in [0.4, 0.5) is 5.69 Å². The van der Waals surface area contributed by atoms with E-state index in [9.17, 15) is 0 Å². The molecule has 0 bridgehead atoms. The van der Waals surface area contributed by atoms with E-state index in [0.717, 1.165) is 17.5 Å². The van der Waals surface area contributed by atoms with Crippen LogP contribution in [-0.4, -0.2) is 30.1 Å². The zero-order valence-corrected chi connectivity index (χ0v) is 13.0. The van der Waals surface area contributed by atoms with Crippen molar-refractivity contribution in [3.63, 3.8) is 0 Å². The first-order valence-corrected chi connectivity index (χ1v) is 8.51. The van der Waals surface area contributed by atoms with Crippen LogP contribution in [0.5, 0.6) is 5.75 Å². The van der Waals surface area contributed by atoms with Crippen molar-refractivity contribution in [2.75, 3.05) is 18.8 Å². The number of anilines is 1. The third-order valence-corrected chi connectivity index (χ3v) is 5.48. The molecule has 0 amide bonds. The second kappa shape index (κ2) is 5.20. The minimum absolute atomic E-state index is 0.416. The fourth-order valence-electron chi connectivity index (χ4n) is 4.14. The number of nitrogen functional groups attached to an aromatic ring is 1. The molecule has 0 aromatic heterocycles. The molecule has 2 aliphatic heterocycles. The Morgan fingerprint density at radius 3 is 2.81 bits per heavy atom. The Morgan fingerprint density at radius 1 is 1.14 bits per heavy atom. The Labute approximate surface area is 127 Å². The molecule has 4 rings (SSSR count). The smallest absolute Gasteiger partial charge is 0.142 e. The molecule has 3 nitrogen and oxygen atoms in total. The Balaban J connectivity index is 1.58. The van der Waals surface area contributed by atoms with Gasteiger partial charge < -0.3 is 15.4 Å². The highest BCUT2D eigenvalue weighted by molar-refractivity contribution is 5.57. The summed E-state index contributed by atoms with van der Waals surface area (Å²) in [5.74, 6) is 1.61. The number of nitrogens with two attached hydrogens (primary N) is 1. The second-order valence-electron chi connectivity index (χ2n) is 7.12. The number of hydrogen-bond donors (Lipinski definition) is 1. The van der Waals surface area contributed by atoms with Gasteiger partial charge in [-0.25, -0.2) is 0 Å². The summed E-state index contributed by atoms with van der Waals surface area (Å²) in [7, 11) is 0.